The fourth-order valence-electron chi connectivity index (χ4n) is 2.77. The predicted molar refractivity (Wildman–Crippen MR) is 113 cm³/mol. The molecule has 0 aliphatic heterocycles. The van der Waals surface area contributed by atoms with Crippen LogP contribution in [0.15, 0.2) is 0 Å². The van der Waals surface area contributed by atoms with Gasteiger partial charge in [-0.1, -0.05) is 13.8 Å². The lowest BCUT2D eigenvalue weighted by molar-refractivity contribution is -0.144. The van der Waals surface area contributed by atoms with Gasteiger partial charge in [0.15, 0.2) is 0 Å². The van der Waals surface area contributed by atoms with Gasteiger partial charge >= 0.3 is 11.9 Å². The Hall–Kier alpha value is -2.77. The average molecular weight is 462 g/mol. The number of unbranched alkanes of at least 4 members (excludes halogenated alkanes) is 1. The number of carboxylic acids is 2. The number of carbonyl (C=O) groups is 5. The maximum absolute atomic E-state index is 12.7. The van der Waals surface area contributed by atoms with Gasteiger partial charge in [-0.3, -0.25) is 19.2 Å². The van der Waals surface area contributed by atoms with Crippen molar-refractivity contribution in [3.63, 3.8) is 0 Å². The summed E-state index contributed by atoms with van der Waals surface area (Å²) in [6.45, 7) is 3.14. The Morgan fingerprint density at radius 2 is 1.38 bits per heavy atom. The number of rotatable bonds is 16. The topological polar surface area (TPSA) is 234 Å². The van der Waals surface area contributed by atoms with Gasteiger partial charge in [-0.25, -0.2) is 4.79 Å². The third-order valence-electron chi connectivity index (χ3n) is 4.45. The molecule has 13 nitrogen and oxygen atoms in total. The summed E-state index contributed by atoms with van der Waals surface area (Å²) in [6.07, 6.45) is 0.558. The normalized spacial score (nSPS) is 14.7. The zero-order chi connectivity index (χ0) is 24.8. The molecule has 13 heteroatoms. The summed E-state index contributed by atoms with van der Waals surface area (Å²) in [5, 5.41) is 33.9. The van der Waals surface area contributed by atoms with Crippen LogP contribution in [0.2, 0.25) is 0 Å². The van der Waals surface area contributed by atoms with Crippen LogP contribution >= 0.6 is 0 Å². The molecule has 0 heterocycles. The maximum atomic E-state index is 12.7. The van der Waals surface area contributed by atoms with E-state index < -0.39 is 66.9 Å². The number of carboxylic acid groups (broad SMARTS) is 2. The highest BCUT2D eigenvalue weighted by molar-refractivity contribution is 5.95. The zero-order valence-corrected chi connectivity index (χ0v) is 18.4. The summed E-state index contributed by atoms with van der Waals surface area (Å²) in [4.78, 5) is 59.7. The quantitative estimate of drug-likeness (QED) is 0.112. The molecule has 0 aromatic carbocycles. The minimum absolute atomic E-state index is 0.0765. The monoisotopic (exact) mass is 461 g/mol. The van der Waals surface area contributed by atoms with Crippen LogP contribution in [0.3, 0.4) is 0 Å². The molecule has 184 valence electrons. The van der Waals surface area contributed by atoms with Gasteiger partial charge in [-0.15, -0.1) is 0 Å². The molecule has 0 aliphatic carbocycles. The summed E-state index contributed by atoms with van der Waals surface area (Å²) in [6, 6.07) is -5.28. The Morgan fingerprint density at radius 1 is 0.844 bits per heavy atom. The van der Waals surface area contributed by atoms with Gasteiger partial charge in [0.05, 0.1) is 19.1 Å². The number of aliphatic hydroxyl groups is 1. The molecule has 4 unspecified atom stereocenters. The van der Waals surface area contributed by atoms with Crippen molar-refractivity contribution in [1.29, 1.82) is 0 Å². The molecule has 10 N–H and O–H groups in total. The van der Waals surface area contributed by atoms with E-state index >= 15 is 0 Å². The molecule has 32 heavy (non-hydrogen) atoms. The molecule has 4 atom stereocenters. The van der Waals surface area contributed by atoms with E-state index in [0.29, 0.717) is 25.8 Å². The van der Waals surface area contributed by atoms with Crippen molar-refractivity contribution in [2.24, 2.45) is 17.4 Å². The standard InChI is InChI=1S/C19H35N5O8/c1-10(2)7-11(21)16(28)23-13(8-15(26)27)18(30)22-12(5-3-4-6-20)17(29)24-14(9-25)19(31)32/h10-14,25H,3-9,20-21H2,1-2H3,(H,22,30)(H,23,28)(H,24,29)(H,26,27)(H,31,32). The van der Waals surface area contributed by atoms with Crippen LogP contribution in [0.1, 0.15) is 46.0 Å². The number of amides is 3. The second-order valence-electron chi connectivity index (χ2n) is 7.82. The molecule has 0 aromatic rings. The Bertz CT molecular complexity index is 658. The third-order valence-corrected chi connectivity index (χ3v) is 4.45. The second-order valence-corrected chi connectivity index (χ2v) is 7.82. The van der Waals surface area contributed by atoms with Crippen LogP contribution in [0.5, 0.6) is 0 Å². The summed E-state index contributed by atoms with van der Waals surface area (Å²) >= 11 is 0. The van der Waals surface area contributed by atoms with Gasteiger partial charge < -0.3 is 42.7 Å². The van der Waals surface area contributed by atoms with Gasteiger partial charge in [0.25, 0.3) is 0 Å². The minimum atomic E-state index is -1.58. The molecule has 0 aliphatic rings. The number of aliphatic carboxylic acids is 2. The molecule has 0 aromatic heterocycles. The Labute approximate surface area is 186 Å². The largest absolute Gasteiger partial charge is 0.481 e. The third kappa shape index (κ3) is 11.6. The first-order valence-corrected chi connectivity index (χ1v) is 10.3. The number of aliphatic hydroxyl groups excluding tert-OH is 1. The number of nitrogens with two attached hydrogens (primary N) is 2. The molecule has 0 saturated heterocycles. The van der Waals surface area contributed by atoms with Crippen molar-refractivity contribution < 1.29 is 39.3 Å². The lowest BCUT2D eigenvalue weighted by Gasteiger charge is -2.24. The van der Waals surface area contributed by atoms with Gasteiger partial charge in [-0.2, -0.15) is 0 Å². The summed E-state index contributed by atoms with van der Waals surface area (Å²) in [7, 11) is 0. The fourth-order valence-corrected chi connectivity index (χ4v) is 2.77. The predicted octanol–water partition coefficient (Wildman–Crippen LogP) is -2.51. The van der Waals surface area contributed by atoms with E-state index in [2.05, 4.69) is 16.0 Å². The summed E-state index contributed by atoms with van der Waals surface area (Å²) in [5.74, 6) is -5.28. The SMILES string of the molecule is CC(C)CC(N)C(=O)NC(CC(=O)O)C(=O)NC(CCCCN)C(=O)NC(CO)C(=O)O. The van der Waals surface area contributed by atoms with E-state index in [9.17, 15) is 24.0 Å². The van der Waals surface area contributed by atoms with Gasteiger partial charge in [0.1, 0.15) is 18.1 Å². The Balaban J connectivity index is 5.42. The van der Waals surface area contributed by atoms with Crippen molar-refractivity contribution in [2.75, 3.05) is 13.2 Å². The van der Waals surface area contributed by atoms with Gasteiger partial charge in [-0.05, 0) is 38.1 Å². The lowest BCUT2D eigenvalue weighted by atomic mass is 10.0. The van der Waals surface area contributed by atoms with Gasteiger partial charge in [0, 0.05) is 0 Å². The van der Waals surface area contributed by atoms with Crippen molar-refractivity contribution >= 4 is 29.7 Å². The maximum Gasteiger partial charge on any atom is 0.328 e. The minimum Gasteiger partial charge on any atom is -0.481 e. The van der Waals surface area contributed by atoms with E-state index in [1.807, 2.05) is 13.8 Å². The van der Waals surface area contributed by atoms with Crippen LogP contribution in [-0.2, 0) is 24.0 Å². The van der Waals surface area contributed by atoms with Crippen molar-refractivity contribution in [3.05, 3.63) is 0 Å². The van der Waals surface area contributed by atoms with Crippen LogP contribution in [-0.4, -0.2) is 82.3 Å². The molecule has 0 spiro atoms. The molecular weight excluding hydrogens is 426 g/mol. The highest BCUT2D eigenvalue weighted by Crippen LogP contribution is 2.06. The second kappa shape index (κ2) is 15.1. The van der Waals surface area contributed by atoms with Crippen LogP contribution in [0, 0.1) is 5.92 Å². The molecule has 3 amide bonds. The number of hydrogen-bond donors (Lipinski definition) is 8. The molecule has 0 bridgehead atoms. The lowest BCUT2D eigenvalue weighted by Crippen LogP contribution is -2.57. The van der Waals surface area contributed by atoms with Crippen LogP contribution in [0.4, 0.5) is 0 Å². The van der Waals surface area contributed by atoms with Crippen LogP contribution < -0.4 is 27.4 Å². The average Bonchev–Trinajstić information content (AvgIpc) is 2.69. The van der Waals surface area contributed by atoms with Crippen molar-refractivity contribution in [3.8, 4) is 0 Å². The molecule has 0 radical (unpaired) electrons. The van der Waals surface area contributed by atoms with Crippen LogP contribution in [0.25, 0.3) is 0 Å². The first-order chi connectivity index (χ1) is 14.9. The van der Waals surface area contributed by atoms with E-state index in [0.717, 1.165) is 0 Å². The summed E-state index contributed by atoms with van der Waals surface area (Å²) < 4.78 is 0. The molecular formula is C19H35N5O8. The Morgan fingerprint density at radius 3 is 1.84 bits per heavy atom. The first-order valence-electron chi connectivity index (χ1n) is 10.3. The Kier molecular flexibility index (Phi) is 13.8. The molecule has 0 saturated carbocycles. The fraction of sp³-hybridized carbons (Fsp3) is 0.737. The molecule has 0 rings (SSSR count). The van der Waals surface area contributed by atoms with E-state index in [4.69, 9.17) is 26.8 Å². The number of nitrogens with one attached hydrogen (secondary N) is 3. The first kappa shape index (κ1) is 29.2. The van der Waals surface area contributed by atoms with E-state index in [1.165, 1.54) is 0 Å². The van der Waals surface area contributed by atoms with Crippen molar-refractivity contribution in [2.45, 2.75) is 70.1 Å². The summed E-state index contributed by atoms with van der Waals surface area (Å²) in [5.41, 5.74) is 11.2. The number of carbonyl (C=O) groups excluding carboxylic acids is 3. The van der Waals surface area contributed by atoms with E-state index in [-0.39, 0.29) is 12.3 Å². The highest BCUT2D eigenvalue weighted by Gasteiger charge is 2.31. The highest BCUT2D eigenvalue weighted by atomic mass is 16.4. The zero-order valence-electron chi connectivity index (χ0n) is 18.4. The van der Waals surface area contributed by atoms with Gasteiger partial charge in [0.2, 0.25) is 17.7 Å². The number of hydrogen-bond acceptors (Lipinski definition) is 8. The molecule has 0 fully saturated rings. The van der Waals surface area contributed by atoms with E-state index in [1.54, 1.807) is 0 Å². The smallest absolute Gasteiger partial charge is 0.328 e. The van der Waals surface area contributed by atoms with Crippen molar-refractivity contribution in [1.82, 2.24) is 16.0 Å².